The molecule has 0 unspecified atom stereocenters. The van der Waals surface area contributed by atoms with Crippen LogP contribution in [0, 0.1) is 27.7 Å². The molecule has 2 rings (SSSR count). The molecular weight excluding hydrogens is 296 g/mol. The number of benzene rings is 2. The fraction of sp³-hybridized carbons (Fsp3) is 0.333. The van der Waals surface area contributed by atoms with Crippen molar-refractivity contribution in [2.24, 2.45) is 0 Å². The second-order valence-electron chi connectivity index (χ2n) is 5.72. The van der Waals surface area contributed by atoms with Crippen molar-refractivity contribution in [1.82, 2.24) is 0 Å². The summed E-state index contributed by atoms with van der Waals surface area (Å²) in [5.74, 6) is 0. The average molecular weight is 318 g/mol. The van der Waals surface area contributed by atoms with Crippen molar-refractivity contribution in [1.29, 1.82) is 0 Å². The van der Waals surface area contributed by atoms with Crippen LogP contribution in [-0.4, -0.2) is 15.0 Å². The zero-order valence-electron chi connectivity index (χ0n) is 13.5. The lowest BCUT2D eigenvalue weighted by Crippen LogP contribution is -2.10. The van der Waals surface area contributed by atoms with Crippen molar-refractivity contribution in [2.45, 2.75) is 39.0 Å². The summed E-state index contributed by atoms with van der Waals surface area (Å²) in [5.41, 5.74) is 5.74. The van der Waals surface area contributed by atoms with E-state index in [1.165, 1.54) is 16.7 Å². The summed E-state index contributed by atoms with van der Waals surface area (Å²) in [6.07, 6.45) is 0.586. The molecule has 0 aliphatic carbocycles. The van der Waals surface area contributed by atoms with Crippen molar-refractivity contribution < 1.29 is 12.6 Å². The smallest absolute Gasteiger partial charge is 0.266 e. The van der Waals surface area contributed by atoms with Gasteiger partial charge in [-0.25, -0.2) is 0 Å². The molecule has 0 aromatic heterocycles. The van der Waals surface area contributed by atoms with E-state index in [1.807, 2.05) is 20.8 Å². The minimum Gasteiger partial charge on any atom is -0.266 e. The van der Waals surface area contributed by atoms with Crippen molar-refractivity contribution in [3.8, 4) is 0 Å². The molecule has 0 radical (unpaired) electrons. The molecule has 0 amide bonds. The van der Waals surface area contributed by atoms with E-state index in [9.17, 15) is 8.42 Å². The van der Waals surface area contributed by atoms with Gasteiger partial charge in [-0.1, -0.05) is 35.4 Å². The van der Waals surface area contributed by atoms with Crippen molar-refractivity contribution in [3.63, 3.8) is 0 Å². The predicted molar refractivity (Wildman–Crippen MR) is 88.7 cm³/mol. The molecule has 0 heterocycles. The van der Waals surface area contributed by atoms with E-state index in [2.05, 4.69) is 19.1 Å². The number of aryl methyl sites for hydroxylation is 4. The van der Waals surface area contributed by atoms with E-state index in [4.69, 9.17) is 4.18 Å². The lowest BCUT2D eigenvalue weighted by molar-refractivity contribution is 0.321. The fourth-order valence-corrected chi connectivity index (χ4v) is 3.54. The predicted octanol–water partition coefficient (Wildman–Crippen LogP) is 3.87. The van der Waals surface area contributed by atoms with Crippen LogP contribution in [0.1, 0.15) is 27.8 Å². The van der Waals surface area contributed by atoms with Gasteiger partial charge >= 0.3 is 0 Å². The van der Waals surface area contributed by atoms with Crippen LogP contribution in [0.3, 0.4) is 0 Å². The van der Waals surface area contributed by atoms with Crippen LogP contribution in [0.5, 0.6) is 0 Å². The van der Waals surface area contributed by atoms with Gasteiger partial charge in [0.05, 0.1) is 11.5 Å². The molecule has 0 aliphatic heterocycles. The fourth-order valence-electron chi connectivity index (χ4n) is 2.63. The summed E-state index contributed by atoms with van der Waals surface area (Å²) in [5, 5.41) is 0. The zero-order valence-corrected chi connectivity index (χ0v) is 14.3. The van der Waals surface area contributed by atoms with E-state index in [0.717, 1.165) is 11.1 Å². The van der Waals surface area contributed by atoms with Crippen molar-refractivity contribution >= 4 is 10.1 Å². The first kappa shape index (κ1) is 16.7. The minimum atomic E-state index is -3.68. The summed E-state index contributed by atoms with van der Waals surface area (Å²) in [4.78, 5) is 0.204. The maximum Gasteiger partial charge on any atom is 0.296 e. The third-order valence-corrected chi connectivity index (χ3v) is 5.07. The van der Waals surface area contributed by atoms with Gasteiger partial charge in [0.15, 0.2) is 0 Å². The van der Waals surface area contributed by atoms with E-state index < -0.39 is 10.1 Å². The quantitative estimate of drug-likeness (QED) is 0.786. The lowest BCUT2D eigenvalue weighted by atomic mass is 9.98. The van der Waals surface area contributed by atoms with Crippen LogP contribution in [0.25, 0.3) is 0 Å². The van der Waals surface area contributed by atoms with Crippen LogP contribution in [0.15, 0.2) is 41.3 Å². The Labute approximate surface area is 133 Å². The number of hydrogen-bond donors (Lipinski definition) is 0. The standard InChI is InChI=1S/C18H22O3S/c1-13-5-7-17(8-6-13)22(19,20)21-10-9-18-15(3)11-14(2)12-16(18)4/h5-8,11-12H,9-10H2,1-4H3. The highest BCUT2D eigenvalue weighted by atomic mass is 32.2. The maximum absolute atomic E-state index is 12.1. The molecule has 4 heteroatoms. The third kappa shape index (κ3) is 3.96. The van der Waals surface area contributed by atoms with Crippen molar-refractivity contribution in [3.05, 3.63) is 64.2 Å². The van der Waals surface area contributed by atoms with Gasteiger partial charge < -0.3 is 0 Å². The van der Waals surface area contributed by atoms with Crippen LogP contribution < -0.4 is 0 Å². The Morgan fingerprint density at radius 2 is 1.41 bits per heavy atom. The van der Waals surface area contributed by atoms with Gasteiger partial charge in [0, 0.05) is 0 Å². The van der Waals surface area contributed by atoms with Gasteiger partial charge in [0.1, 0.15) is 0 Å². The Morgan fingerprint density at radius 1 is 0.864 bits per heavy atom. The first-order valence-corrected chi connectivity index (χ1v) is 8.73. The Balaban J connectivity index is 2.06. The monoisotopic (exact) mass is 318 g/mol. The second kappa shape index (κ2) is 6.63. The molecule has 0 spiro atoms. The molecule has 0 atom stereocenters. The van der Waals surface area contributed by atoms with Gasteiger partial charge in [-0.2, -0.15) is 8.42 Å². The number of hydrogen-bond acceptors (Lipinski definition) is 3. The van der Waals surface area contributed by atoms with Gasteiger partial charge in [-0.15, -0.1) is 0 Å². The third-order valence-electron chi connectivity index (χ3n) is 3.74. The maximum atomic E-state index is 12.1. The largest absolute Gasteiger partial charge is 0.296 e. The van der Waals surface area contributed by atoms with E-state index in [-0.39, 0.29) is 11.5 Å². The SMILES string of the molecule is Cc1ccc(S(=O)(=O)OCCc2c(C)cc(C)cc2C)cc1. The average Bonchev–Trinajstić information content (AvgIpc) is 2.42. The van der Waals surface area contributed by atoms with Gasteiger partial charge in [0.25, 0.3) is 10.1 Å². The zero-order chi connectivity index (χ0) is 16.3. The topological polar surface area (TPSA) is 43.4 Å². The van der Waals surface area contributed by atoms with Gasteiger partial charge in [-0.3, -0.25) is 4.18 Å². The molecule has 0 bridgehead atoms. The first-order chi connectivity index (χ1) is 10.3. The lowest BCUT2D eigenvalue weighted by Gasteiger charge is -2.12. The van der Waals surface area contributed by atoms with Crippen LogP contribution >= 0.6 is 0 Å². The minimum absolute atomic E-state index is 0.154. The van der Waals surface area contributed by atoms with E-state index in [0.29, 0.717) is 6.42 Å². The van der Waals surface area contributed by atoms with E-state index in [1.54, 1.807) is 24.3 Å². The second-order valence-corrected chi connectivity index (χ2v) is 7.33. The first-order valence-electron chi connectivity index (χ1n) is 7.32. The summed E-state index contributed by atoms with van der Waals surface area (Å²) in [7, 11) is -3.68. The van der Waals surface area contributed by atoms with Crippen molar-refractivity contribution in [2.75, 3.05) is 6.61 Å². The molecule has 22 heavy (non-hydrogen) atoms. The number of rotatable bonds is 5. The van der Waals surface area contributed by atoms with Crippen LogP contribution in [-0.2, 0) is 20.7 Å². The highest BCUT2D eigenvalue weighted by Gasteiger charge is 2.15. The summed E-state index contributed by atoms with van der Waals surface area (Å²) >= 11 is 0. The molecule has 2 aromatic rings. The van der Waals surface area contributed by atoms with E-state index >= 15 is 0 Å². The summed E-state index contributed by atoms with van der Waals surface area (Å²) in [6.45, 7) is 8.22. The molecule has 0 N–H and O–H groups in total. The van der Waals surface area contributed by atoms with Gasteiger partial charge in [0.2, 0.25) is 0 Å². The molecule has 0 saturated carbocycles. The Morgan fingerprint density at radius 3 is 1.95 bits per heavy atom. The Hall–Kier alpha value is -1.65. The molecule has 2 aromatic carbocycles. The Kier molecular flexibility index (Phi) is 5.04. The summed E-state index contributed by atoms with van der Waals surface area (Å²) in [6, 6.07) is 10.9. The Bertz CT molecular complexity index is 736. The molecular formula is C18H22O3S. The van der Waals surface area contributed by atoms with Crippen LogP contribution in [0.2, 0.25) is 0 Å². The highest BCUT2D eigenvalue weighted by molar-refractivity contribution is 7.86. The highest BCUT2D eigenvalue weighted by Crippen LogP contribution is 2.18. The van der Waals surface area contributed by atoms with Gasteiger partial charge in [-0.05, 0) is 62.9 Å². The molecule has 118 valence electrons. The molecule has 0 saturated heterocycles. The normalized spacial score (nSPS) is 11.6. The van der Waals surface area contributed by atoms with Crippen LogP contribution in [0.4, 0.5) is 0 Å². The summed E-state index contributed by atoms with van der Waals surface area (Å²) < 4.78 is 29.4. The molecule has 0 aliphatic rings. The molecule has 0 fully saturated rings. The molecule has 3 nitrogen and oxygen atoms in total.